The molecule has 1 heterocycles. The van der Waals surface area contributed by atoms with E-state index in [-0.39, 0.29) is 18.5 Å². The molecule has 1 N–H and O–H groups in total. The average molecular weight is 367 g/mol. The maximum atomic E-state index is 13.0. The number of nitrogens with zero attached hydrogens (tertiary/aromatic N) is 2. The third kappa shape index (κ3) is 4.73. The van der Waals surface area contributed by atoms with Crippen molar-refractivity contribution in [2.75, 3.05) is 26.2 Å². The van der Waals surface area contributed by atoms with E-state index in [1.54, 1.807) is 6.07 Å². The van der Waals surface area contributed by atoms with Crippen LogP contribution in [0.4, 0.5) is 0 Å². The molecule has 1 aliphatic heterocycles. The van der Waals surface area contributed by atoms with Gasteiger partial charge in [-0.3, -0.25) is 14.5 Å². The quantitative estimate of drug-likeness (QED) is 0.840. The summed E-state index contributed by atoms with van der Waals surface area (Å²) >= 11 is 6.07. The fourth-order valence-corrected chi connectivity index (χ4v) is 3.69. The molecule has 5 nitrogen and oxygen atoms in total. The van der Waals surface area contributed by atoms with Crippen LogP contribution in [0.2, 0.25) is 5.02 Å². The highest BCUT2D eigenvalue weighted by Gasteiger charge is 2.36. The zero-order valence-corrected chi connectivity index (χ0v) is 15.9. The lowest BCUT2D eigenvalue weighted by atomic mass is 9.82. The molecule has 1 aromatic carbocycles. The monoisotopic (exact) mass is 366 g/mol. The lowest BCUT2D eigenvalue weighted by Gasteiger charge is -2.40. The Morgan fingerprint density at radius 2 is 1.96 bits per heavy atom. The second-order valence-electron chi connectivity index (χ2n) is 7.12. The number of rotatable bonds is 6. The number of carboxylic acids is 1. The molecule has 1 saturated heterocycles. The van der Waals surface area contributed by atoms with Crippen molar-refractivity contribution in [1.82, 2.24) is 9.80 Å². The Hall–Kier alpha value is -1.59. The maximum absolute atomic E-state index is 13.0. The number of benzene rings is 1. The van der Waals surface area contributed by atoms with Gasteiger partial charge in [0.25, 0.3) is 0 Å². The van der Waals surface area contributed by atoms with Crippen molar-refractivity contribution < 1.29 is 14.7 Å². The van der Waals surface area contributed by atoms with E-state index in [1.165, 1.54) is 0 Å². The summed E-state index contributed by atoms with van der Waals surface area (Å²) < 4.78 is 0. The molecule has 25 heavy (non-hydrogen) atoms. The number of hydrogen-bond acceptors (Lipinski definition) is 3. The molecule has 0 spiro atoms. The minimum Gasteiger partial charge on any atom is -0.480 e. The van der Waals surface area contributed by atoms with Crippen molar-refractivity contribution in [3.8, 4) is 0 Å². The van der Waals surface area contributed by atoms with Gasteiger partial charge >= 0.3 is 5.97 Å². The van der Waals surface area contributed by atoms with E-state index in [0.29, 0.717) is 24.7 Å². The topological polar surface area (TPSA) is 60.9 Å². The molecule has 0 bridgehead atoms. The second-order valence-corrected chi connectivity index (χ2v) is 7.55. The van der Waals surface area contributed by atoms with Crippen LogP contribution in [0.5, 0.6) is 0 Å². The molecule has 1 fully saturated rings. The number of carboxylic acid groups (broad SMARTS) is 1. The van der Waals surface area contributed by atoms with E-state index < -0.39 is 11.4 Å². The van der Waals surface area contributed by atoms with Gasteiger partial charge in [-0.25, -0.2) is 0 Å². The van der Waals surface area contributed by atoms with Gasteiger partial charge in [0, 0.05) is 24.2 Å². The summed E-state index contributed by atoms with van der Waals surface area (Å²) in [6, 6.07) is 7.67. The molecule has 1 aromatic rings. The van der Waals surface area contributed by atoms with Gasteiger partial charge in [-0.1, -0.05) is 30.7 Å². The number of aliphatic carboxylic acids is 1. The Labute approximate surface area is 154 Å². The first-order chi connectivity index (χ1) is 11.8. The smallest absolute Gasteiger partial charge is 0.317 e. The molecule has 2 rings (SSSR count). The standard InChI is InChI=1S/C19H27ClN2O3/c1-4-21(13-17(23)24)16-8-10-22(11-9-16)18(25)19(2,3)14-6-5-7-15(20)12-14/h5-7,12,16H,4,8-11,13H2,1-3H3,(H,23,24). The number of carbonyl (C=O) groups is 2. The van der Waals surface area contributed by atoms with Gasteiger partial charge in [-0.05, 0) is 50.9 Å². The van der Waals surface area contributed by atoms with Crippen molar-refractivity contribution in [3.63, 3.8) is 0 Å². The van der Waals surface area contributed by atoms with E-state index in [9.17, 15) is 9.59 Å². The van der Waals surface area contributed by atoms with Crippen LogP contribution in [-0.2, 0) is 15.0 Å². The molecule has 0 radical (unpaired) electrons. The third-order valence-corrected chi connectivity index (χ3v) is 5.33. The second kappa shape index (κ2) is 8.19. The van der Waals surface area contributed by atoms with Crippen molar-refractivity contribution in [1.29, 1.82) is 0 Å². The molecule has 1 aliphatic rings. The van der Waals surface area contributed by atoms with Crippen LogP contribution in [0.1, 0.15) is 39.2 Å². The van der Waals surface area contributed by atoms with E-state index in [2.05, 4.69) is 0 Å². The Morgan fingerprint density at radius 3 is 2.48 bits per heavy atom. The highest BCUT2D eigenvalue weighted by molar-refractivity contribution is 6.30. The molecule has 0 atom stereocenters. The highest BCUT2D eigenvalue weighted by Crippen LogP contribution is 2.29. The number of amides is 1. The molecule has 1 amide bonds. The zero-order valence-electron chi connectivity index (χ0n) is 15.2. The number of carbonyl (C=O) groups excluding carboxylic acids is 1. The summed E-state index contributed by atoms with van der Waals surface area (Å²) in [7, 11) is 0. The SMILES string of the molecule is CCN(CC(=O)O)C1CCN(C(=O)C(C)(C)c2cccc(Cl)c2)CC1. The van der Waals surface area contributed by atoms with Crippen LogP contribution in [0.3, 0.4) is 0 Å². The van der Waals surface area contributed by atoms with Crippen LogP contribution in [0.15, 0.2) is 24.3 Å². The fraction of sp³-hybridized carbons (Fsp3) is 0.579. The minimum absolute atomic E-state index is 0.0587. The summed E-state index contributed by atoms with van der Waals surface area (Å²) in [6.07, 6.45) is 1.61. The zero-order chi connectivity index (χ0) is 18.6. The minimum atomic E-state index is -0.803. The highest BCUT2D eigenvalue weighted by atomic mass is 35.5. The molecular weight excluding hydrogens is 340 g/mol. The third-order valence-electron chi connectivity index (χ3n) is 5.09. The summed E-state index contributed by atoms with van der Waals surface area (Å²) in [5, 5.41) is 9.65. The molecule has 0 aromatic heterocycles. The molecule has 6 heteroatoms. The summed E-state index contributed by atoms with van der Waals surface area (Å²) in [6.45, 7) is 7.91. The first-order valence-electron chi connectivity index (χ1n) is 8.77. The van der Waals surface area contributed by atoms with E-state index in [0.717, 1.165) is 18.4 Å². The normalized spacial score (nSPS) is 16.3. The summed E-state index contributed by atoms with van der Waals surface area (Å²) in [5.74, 6) is -0.711. The van der Waals surface area contributed by atoms with E-state index in [4.69, 9.17) is 16.7 Å². The number of piperidine rings is 1. The van der Waals surface area contributed by atoms with Gasteiger partial charge in [0.05, 0.1) is 12.0 Å². The van der Waals surface area contributed by atoms with Crippen molar-refractivity contribution >= 4 is 23.5 Å². The lowest BCUT2D eigenvalue weighted by Crippen LogP contribution is -2.51. The van der Waals surface area contributed by atoms with Crippen molar-refractivity contribution in [3.05, 3.63) is 34.9 Å². The lowest BCUT2D eigenvalue weighted by molar-refractivity contribution is -0.141. The van der Waals surface area contributed by atoms with Gasteiger partial charge < -0.3 is 10.0 Å². The first-order valence-corrected chi connectivity index (χ1v) is 9.14. The van der Waals surface area contributed by atoms with Crippen LogP contribution in [0.25, 0.3) is 0 Å². The fourth-order valence-electron chi connectivity index (χ4n) is 3.50. The number of halogens is 1. The number of likely N-dealkylation sites (N-methyl/N-ethyl adjacent to an activating group) is 1. The number of likely N-dealkylation sites (tertiary alicyclic amines) is 1. The van der Waals surface area contributed by atoms with Crippen molar-refractivity contribution in [2.24, 2.45) is 0 Å². The van der Waals surface area contributed by atoms with Gasteiger partial charge in [0.15, 0.2) is 0 Å². The molecular formula is C19H27ClN2O3. The largest absolute Gasteiger partial charge is 0.480 e. The van der Waals surface area contributed by atoms with Gasteiger partial charge in [-0.2, -0.15) is 0 Å². The molecule has 0 saturated carbocycles. The molecule has 0 aliphatic carbocycles. The van der Waals surface area contributed by atoms with Crippen LogP contribution in [0, 0.1) is 0 Å². The van der Waals surface area contributed by atoms with E-state index >= 15 is 0 Å². The Balaban J connectivity index is 2.02. The van der Waals surface area contributed by atoms with Gasteiger partial charge in [0.1, 0.15) is 0 Å². The predicted octanol–water partition coefficient (Wildman–Crippen LogP) is 3.02. The van der Waals surface area contributed by atoms with Gasteiger partial charge in [-0.15, -0.1) is 0 Å². The first kappa shape index (κ1) is 19.7. The summed E-state index contributed by atoms with van der Waals surface area (Å²) in [4.78, 5) is 27.9. The summed E-state index contributed by atoms with van der Waals surface area (Å²) in [5.41, 5.74) is 0.275. The maximum Gasteiger partial charge on any atom is 0.317 e. The van der Waals surface area contributed by atoms with Crippen molar-refractivity contribution in [2.45, 2.75) is 45.1 Å². The molecule has 138 valence electrons. The van der Waals surface area contributed by atoms with Gasteiger partial charge in [0.2, 0.25) is 5.91 Å². The Kier molecular flexibility index (Phi) is 6.47. The van der Waals surface area contributed by atoms with Crippen LogP contribution >= 0.6 is 11.6 Å². The van der Waals surface area contributed by atoms with Crippen LogP contribution in [-0.4, -0.2) is 59.0 Å². The predicted molar refractivity (Wildman–Crippen MR) is 99.0 cm³/mol. The number of hydrogen-bond donors (Lipinski definition) is 1. The molecule has 0 unspecified atom stereocenters. The van der Waals surface area contributed by atoms with Crippen LogP contribution < -0.4 is 0 Å². The Bertz CT molecular complexity index is 625. The average Bonchev–Trinajstić information content (AvgIpc) is 2.59. The van der Waals surface area contributed by atoms with E-state index in [1.807, 2.05) is 48.8 Å². The Morgan fingerprint density at radius 1 is 1.32 bits per heavy atom.